The molecule has 3 aromatic rings. The fourth-order valence-corrected chi connectivity index (χ4v) is 4.31. The van der Waals surface area contributed by atoms with Crippen LogP contribution in [0.4, 0.5) is 11.6 Å². The third-order valence-corrected chi connectivity index (χ3v) is 5.63. The summed E-state index contributed by atoms with van der Waals surface area (Å²) in [6, 6.07) is 7.62. The Labute approximate surface area is 180 Å². The number of aromatic amines is 1. The van der Waals surface area contributed by atoms with Gasteiger partial charge in [0, 0.05) is 30.8 Å². The Morgan fingerprint density at radius 2 is 1.74 bits per heavy atom. The minimum atomic E-state index is -0.454. The molecule has 1 aromatic heterocycles. The Morgan fingerprint density at radius 1 is 1.10 bits per heavy atom. The third-order valence-electron chi connectivity index (χ3n) is 5.63. The van der Waals surface area contributed by atoms with Gasteiger partial charge in [-0.15, -0.1) is 0 Å². The zero-order valence-electron chi connectivity index (χ0n) is 18.3. The van der Waals surface area contributed by atoms with Gasteiger partial charge in [-0.2, -0.15) is 0 Å². The molecule has 1 aliphatic heterocycles. The molecule has 8 heteroatoms. The molecule has 1 fully saturated rings. The van der Waals surface area contributed by atoms with Crippen molar-refractivity contribution >= 4 is 34.5 Å². The van der Waals surface area contributed by atoms with Gasteiger partial charge in [0.25, 0.3) is 0 Å². The number of methoxy groups -OCH3 is 2. The van der Waals surface area contributed by atoms with Crippen LogP contribution in [0.1, 0.15) is 23.1 Å². The van der Waals surface area contributed by atoms with Crippen LogP contribution < -0.4 is 19.7 Å². The molecule has 8 nitrogen and oxygen atoms in total. The van der Waals surface area contributed by atoms with Gasteiger partial charge in [-0.3, -0.25) is 14.9 Å². The molecule has 2 amide bonds. The molecule has 2 aromatic carbocycles. The van der Waals surface area contributed by atoms with Crippen molar-refractivity contribution < 1.29 is 19.1 Å². The normalized spacial score (nSPS) is 16.1. The Bertz CT molecular complexity index is 1120. The molecule has 2 heterocycles. The van der Waals surface area contributed by atoms with E-state index in [1.807, 2.05) is 20.8 Å². The number of amides is 2. The molecule has 4 rings (SSSR count). The minimum absolute atomic E-state index is 0.0470. The summed E-state index contributed by atoms with van der Waals surface area (Å²) in [6.45, 7) is 6.36. The number of hydrogen-bond donors (Lipinski definition) is 2. The fourth-order valence-electron chi connectivity index (χ4n) is 4.31. The zero-order chi connectivity index (χ0) is 22.3. The summed E-state index contributed by atoms with van der Waals surface area (Å²) in [5.74, 6) is 0.706. The number of ether oxygens (including phenoxy) is 2. The summed E-state index contributed by atoms with van der Waals surface area (Å²) in [5, 5.41) is 2.81. The summed E-state index contributed by atoms with van der Waals surface area (Å²) in [4.78, 5) is 34.8. The van der Waals surface area contributed by atoms with E-state index in [9.17, 15) is 9.59 Å². The van der Waals surface area contributed by atoms with E-state index in [1.165, 1.54) is 0 Å². The van der Waals surface area contributed by atoms with Crippen LogP contribution in [0.25, 0.3) is 11.0 Å². The van der Waals surface area contributed by atoms with E-state index >= 15 is 0 Å². The monoisotopic (exact) mass is 422 g/mol. The number of nitrogens with one attached hydrogen (secondary N) is 2. The number of aromatic nitrogens is 2. The van der Waals surface area contributed by atoms with Crippen LogP contribution in [-0.2, 0) is 9.59 Å². The van der Waals surface area contributed by atoms with Crippen molar-refractivity contribution in [1.82, 2.24) is 9.97 Å². The molecule has 2 N–H and O–H groups in total. The highest BCUT2D eigenvalue weighted by Gasteiger charge is 2.36. The number of carbonyl (C=O) groups is 2. The molecule has 1 unspecified atom stereocenters. The number of nitrogens with zero attached hydrogens (tertiary/aromatic N) is 2. The first-order chi connectivity index (χ1) is 14.8. The lowest BCUT2D eigenvalue weighted by Gasteiger charge is -2.22. The smallest absolute Gasteiger partial charge is 0.232 e. The average molecular weight is 422 g/mol. The molecule has 0 aliphatic carbocycles. The van der Waals surface area contributed by atoms with Crippen LogP contribution in [0.15, 0.2) is 24.3 Å². The molecule has 0 bridgehead atoms. The van der Waals surface area contributed by atoms with Crippen LogP contribution in [-0.4, -0.2) is 42.5 Å². The van der Waals surface area contributed by atoms with Crippen molar-refractivity contribution in [2.75, 3.05) is 31.0 Å². The number of imidazole rings is 1. The fraction of sp³-hybridized carbons (Fsp3) is 0.348. The summed E-state index contributed by atoms with van der Waals surface area (Å²) in [6.07, 6.45) is 0.167. The highest BCUT2D eigenvalue weighted by atomic mass is 16.5. The molecule has 1 aliphatic rings. The van der Waals surface area contributed by atoms with Gasteiger partial charge in [-0.05, 0) is 31.9 Å². The van der Waals surface area contributed by atoms with Gasteiger partial charge in [-0.1, -0.05) is 17.7 Å². The van der Waals surface area contributed by atoms with Crippen LogP contribution in [0.5, 0.6) is 11.5 Å². The Hall–Kier alpha value is -3.55. The van der Waals surface area contributed by atoms with E-state index in [1.54, 1.807) is 31.3 Å². The third kappa shape index (κ3) is 3.81. The van der Waals surface area contributed by atoms with Gasteiger partial charge in [0.1, 0.15) is 0 Å². The second-order valence-electron chi connectivity index (χ2n) is 7.95. The van der Waals surface area contributed by atoms with Crippen molar-refractivity contribution in [3.63, 3.8) is 0 Å². The predicted octanol–water partition coefficient (Wildman–Crippen LogP) is 3.50. The first-order valence-corrected chi connectivity index (χ1v) is 10.1. The van der Waals surface area contributed by atoms with Crippen LogP contribution in [0.3, 0.4) is 0 Å². The quantitative estimate of drug-likeness (QED) is 0.656. The van der Waals surface area contributed by atoms with Gasteiger partial charge >= 0.3 is 0 Å². The Balaban J connectivity index is 1.53. The maximum absolute atomic E-state index is 12.9. The lowest BCUT2D eigenvalue weighted by Crippen LogP contribution is -2.29. The van der Waals surface area contributed by atoms with Crippen LogP contribution in [0.2, 0.25) is 0 Å². The van der Waals surface area contributed by atoms with Crippen molar-refractivity contribution in [3.8, 4) is 11.5 Å². The first-order valence-electron chi connectivity index (χ1n) is 10.1. The number of carbonyl (C=O) groups excluding carboxylic acids is 2. The van der Waals surface area contributed by atoms with Gasteiger partial charge in [0.2, 0.25) is 17.8 Å². The number of H-pyrrole nitrogens is 1. The summed E-state index contributed by atoms with van der Waals surface area (Å²) in [5.41, 5.74) is 5.47. The lowest BCUT2D eigenvalue weighted by molar-refractivity contribution is -0.122. The molecular weight excluding hydrogens is 396 g/mol. The molecule has 0 radical (unpaired) electrons. The Kier molecular flexibility index (Phi) is 5.31. The van der Waals surface area contributed by atoms with Crippen molar-refractivity contribution in [2.24, 2.45) is 5.92 Å². The van der Waals surface area contributed by atoms with Crippen LogP contribution in [0, 0.1) is 26.7 Å². The Morgan fingerprint density at radius 3 is 2.39 bits per heavy atom. The first kappa shape index (κ1) is 20.7. The minimum Gasteiger partial charge on any atom is -0.493 e. The van der Waals surface area contributed by atoms with E-state index in [0.29, 0.717) is 35.0 Å². The molecule has 31 heavy (non-hydrogen) atoms. The van der Waals surface area contributed by atoms with E-state index in [-0.39, 0.29) is 18.2 Å². The highest BCUT2D eigenvalue weighted by molar-refractivity contribution is 6.04. The molecule has 162 valence electrons. The van der Waals surface area contributed by atoms with E-state index in [4.69, 9.17) is 9.47 Å². The second-order valence-corrected chi connectivity index (χ2v) is 7.95. The maximum Gasteiger partial charge on any atom is 0.232 e. The van der Waals surface area contributed by atoms with Gasteiger partial charge in [0.15, 0.2) is 11.5 Å². The number of fused-ring (bicyclic) bond motifs is 1. The molecular formula is C23H26N4O4. The number of hydrogen-bond acceptors (Lipinski definition) is 5. The largest absolute Gasteiger partial charge is 0.493 e. The topological polar surface area (TPSA) is 96.5 Å². The number of aryl methyl sites for hydroxylation is 3. The lowest BCUT2D eigenvalue weighted by atomic mass is 10.0. The van der Waals surface area contributed by atoms with E-state index < -0.39 is 5.92 Å². The summed E-state index contributed by atoms with van der Waals surface area (Å²) >= 11 is 0. The highest BCUT2D eigenvalue weighted by Crippen LogP contribution is 2.33. The van der Waals surface area contributed by atoms with Gasteiger partial charge in [0.05, 0.1) is 31.2 Å². The predicted molar refractivity (Wildman–Crippen MR) is 119 cm³/mol. The molecule has 1 atom stereocenters. The number of benzene rings is 2. The zero-order valence-corrected chi connectivity index (χ0v) is 18.3. The van der Waals surface area contributed by atoms with Gasteiger partial charge < -0.3 is 19.4 Å². The standard InChI is InChI=1S/C23H26N4O4/c1-12-6-13(2)21(14(3)7-12)27-11-15(8-20(27)28)22(29)26-23-24-16-9-18(30-4)19(31-5)10-17(16)25-23/h6-7,9-10,15H,8,11H2,1-5H3,(H2,24,25,26,29). The van der Waals surface area contributed by atoms with Crippen molar-refractivity contribution in [1.29, 1.82) is 0 Å². The molecule has 0 saturated carbocycles. The molecule has 1 saturated heterocycles. The molecule has 0 spiro atoms. The summed E-state index contributed by atoms with van der Waals surface area (Å²) < 4.78 is 10.6. The second kappa shape index (κ2) is 7.94. The SMILES string of the molecule is COc1cc2nc(NC(=O)C3CC(=O)N(c4c(C)cc(C)cc4C)C3)[nH]c2cc1OC. The van der Waals surface area contributed by atoms with Crippen LogP contribution >= 0.6 is 0 Å². The van der Waals surface area contributed by atoms with E-state index in [2.05, 4.69) is 27.4 Å². The maximum atomic E-state index is 12.9. The van der Waals surface area contributed by atoms with E-state index in [0.717, 1.165) is 22.4 Å². The van der Waals surface area contributed by atoms with Crippen molar-refractivity contribution in [2.45, 2.75) is 27.2 Å². The van der Waals surface area contributed by atoms with Gasteiger partial charge in [-0.25, -0.2) is 4.98 Å². The van der Waals surface area contributed by atoms with Crippen molar-refractivity contribution in [3.05, 3.63) is 41.0 Å². The average Bonchev–Trinajstić information content (AvgIpc) is 3.28. The number of rotatable bonds is 5. The number of anilines is 2. The summed E-state index contributed by atoms with van der Waals surface area (Å²) in [7, 11) is 3.11.